The Balaban J connectivity index is 0.895. The van der Waals surface area contributed by atoms with Crippen LogP contribution in [0.3, 0.4) is 0 Å². The van der Waals surface area contributed by atoms with E-state index in [0.717, 1.165) is 50.3 Å². The predicted octanol–water partition coefficient (Wildman–Crippen LogP) is 7.17. The van der Waals surface area contributed by atoms with Crippen LogP contribution >= 0.6 is 11.3 Å². The van der Waals surface area contributed by atoms with Crippen molar-refractivity contribution in [2.45, 2.75) is 104 Å². The minimum atomic E-state index is -1.63. The molecule has 0 spiro atoms. The van der Waals surface area contributed by atoms with Crippen LogP contribution in [0.2, 0.25) is 0 Å². The van der Waals surface area contributed by atoms with Gasteiger partial charge in [0.1, 0.15) is 55.0 Å². The molecule has 0 radical (unpaired) electrons. The molecule has 1 fully saturated rings. The molecule has 0 aliphatic carbocycles. The van der Waals surface area contributed by atoms with Gasteiger partial charge in [-0.25, -0.2) is 18.2 Å². The summed E-state index contributed by atoms with van der Waals surface area (Å²) in [6, 6.07) is 14.6. The van der Waals surface area contributed by atoms with E-state index in [-0.39, 0.29) is 56.6 Å². The third-order valence-corrected chi connectivity index (χ3v) is 13.0. The maximum Gasteiger partial charge on any atom is 0.246 e. The Labute approximate surface area is 399 Å². The zero-order chi connectivity index (χ0) is 48.9. The second-order valence-corrected chi connectivity index (χ2v) is 19.9. The summed E-state index contributed by atoms with van der Waals surface area (Å²) >= 11 is 1.55. The number of hydrogen-bond donors (Lipinski definition) is 4. The van der Waals surface area contributed by atoms with Crippen LogP contribution in [0.5, 0.6) is 5.75 Å². The summed E-state index contributed by atoms with van der Waals surface area (Å²) in [7, 11) is 0. The fourth-order valence-corrected chi connectivity index (χ4v) is 9.67. The van der Waals surface area contributed by atoms with E-state index in [0.29, 0.717) is 12.1 Å². The molecule has 5 atom stereocenters. The van der Waals surface area contributed by atoms with E-state index in [1.54, 1.807) is 42.5 Å². The highest BCUT2D eigenvalue weighted by molar-refractivity contribution is 7.13. The number of aliphatic hydroxyl groups excluding tert-OH is 1. The van der Waals surface area contributed by atoms with Crippen molar-refractivity contribution in [1.29, 1.82) is 0 Å². The molecule has 1 unspecified atom stereocenters. The van der Waals surface area contributed by atoms with E-state index in [9.17, 15) is 19.5 Å². The number of aryl methyl sites for hydroxylation is 1. The minimum absolute atomic E-state index is 0.0417. The highest BCUT2D eigenvalue weighted by Gasteiger charge is 2.45. The quantitative estimate of drug-likeness (QED) is 0.0677. The molecule has 0 bridgehead atoms. The fraction of sp³-hybridized carbons (Fsp3) is 0.423. The number of alkyl halides is 1. The SMILES string of the molecule is Cc1ncsc1-c1ccc(CNC(=O)[C@@H]2C[C@@H](O)CN2C(=O)C(NC(=O)COCC#CC#CCOc2cc(F)c([C@@H]3c4[nH]c5ccccc5c4C[C@@H](C)N3CC(C)(C)F)c(F)c2)C(C)(C)C)cc1. The molecule has 16 heteroatoms. The average Bonchev–Trinajstić information content (AvgIpc) is 4.00. The molecule has 1 saturated heterocycles. The summed E-state index contributed by atoms with van der Waals surface area (Å²) in [6.45, 7) is 11.4. The molecule has 2 aliphatic rings. The van der Waals surface area contributed by atoms with E-state index in [1.807, 2.05) is 62.4 Å². The van der Waals surface area contributed by atoms with Crippen molar-refractivity contribution in [2.75, 3.05) is 32.9 Å². The summed E-state index contributed by atoms with van der Waals surface area (Å²) in [4.78, 5) is 52.3. The number of halogens is 3. The summed E-state index contributed by atoms with van der Waals surface area (Å²) in [5, 5.41) is 17.1. The van der Waals surface area contributed by atoms with Crippen molar-refractivity contribution < 1.29 is 42.1 Å². The van der Waals surface area contributed by atoms with Crippen molar-refractivity contribution >= 4 is 40.0 Å². The van der Waals surface area contributed by atoms with E-state index in [2.05, 4.69) is 44.3 Å². The van der Waals surface area contributed by atoms with Crippen LogP contribution in [0.25, 0.3) is 21.3 Å². The number of carbonyl (C=O) groups excluding carboxylic acids is 3. The summed E-state index contributed by atoms with van der Waals surface area (Å²) in [5.41, 5.74) is 4.46. The van der Waals surface area contributed by atoms with Crippen LogP contribution in [0.15, 0.2) is 66.2 Å². The van der Waals surface area contributed by atoms with Gasteiger partial charge in [-0.3, -0.25) is 19.3 Å². The number of β-amino-alcohol motifs (C(OH)–C–C–N with tert-alkyl or cyclic N) is 1. The number of aromatic amines is 1. The highest BCUT2D eigenvalue weighted by Crippen LogP contribution is 2.44. The lowest BCUT2D eigenvalue weighted by molar-refractivity contribution is -0.144. The van der Waals surface area contributed by atoms with Crippen LogP contribution in [0.1, 0.15) is 82.1 Å². The van der Waals surface area contributed by atoms with E-state index in [1.165, 1.54) is 18.7 Å². The number of hydrogen-bond acceptors (Lipinski definition) is 9. The lowest BCUT2D eigenvalue weighted by Gasteiger charge is -2.43. The normalized spacial score (nSPS) is 18.8. The Morgan fingerprint density at radius 3 is 2.37 bits per heavy atom. The van der Waals surface area contributed by atoms with E-state index < -0.39 is 71.3 Å². The van der Waals surface area contributed by atoms with Gasteiger partial charge < -0.3 is 35.1 Å². The molecule has 4 heterocycles. The van der Waals surface area contributed by atoms with Crippen LogP contribution in [-0.4, -0.2) is 105 Å². The standard InChI is InChI=1S/C52H57F3N6O6S/c1-31-22-38-37-14-10-11-15-41(37)58-45(38)46(61(31)29-52(6,7)55)44-39(53)24-36(25-40(44)54)67-21-13-9-8-12-20-66-28-43(63)59-48(51(3,4)5)50(65)60-27-35(62)23-42(60)49(64)56-26-33-16-18-34(19-17-33)47-32(2)57-30-68-47/h10-11,14-19,24-25,30-31,35,42,46,48,58,62H,20-23,26-29H2,1-7H3,(H,56,64)(H,59,63)/t31-,35-,42+,46-,48?/m1/s1. The first kappa shape index (κ1) is 49.7. The number of ether oxygens (including phenoxy) is 2. The number of thiazole rings is 1. The Morgan fingerprint density at radius 1 is 1.01 bits per heavy atom. The maximum atomic E-state index is 16.0. The molecule has 4 N–H and O–H groups in total. The fourth-order valence-electron chi connectivity index (χ4n) is 8.86. The van der Waals surface area contributed by atoms with Gasteiger partial charge in [-0.05, 0) is 80.0 Å². The molecule has 2 aliphatic heterocycles. The van der Waals surface area contributed by atoms with Gasteiger partial charge in [0.05, 0.1) is 28.2 Å². The molecule has 2 aromatic heterocycles. The van der Waals surface area contributed by atoms with Gasteiger partial charge in [-0.15, -0.1) is 11.3 Å². The van der Waals surface area contributed by atoms with Gasteiger partial charge >= 0.3 is 0 Å². The maximum absolute atomic E-state index is 16.0. The Kier molecular flexibility index (Phi) is 15.4. The van der Waals surface area contributed by atoms with Crippen LogP contribution < -0.4 is 15.4 Å². The van der Waals surface area contributed by atoms with Crippen molar-refractivity contribution in [1.82, 2.24) is 30.4 Å². The average molecular weight is 951 g/mol. The molecule has 0 saturated carbocycles. The first-order valence-electron chi connectivity index (χ1n) is 22.5. The molecule has 7 rings (SSSR count). The van der Waals surface area contributed by atoms with Gasteiger partial charge in [-0.2, -0.15) is 0 Å². The van der Waals surface area contributed by atoms with E-state index >= 15 is 13.2 Å². The topological polar surface area (TPSA) is 149 Å². The van der Waals surface area contributed by atoms with Crippen LogP contribution in [0, 0.1) is 47.7 Å². The zero-order valence-electron chi connectivity index (χ0n) is 39.3. The third-order valence-electron chi connectivity index (χ3n) is 12.1. The lowest BCUT2D eigenvalue weighted by atomic mass is 9.85. The Hall–Kier alpha value is -6.17. The second kappa shape index (κ2) is 21.0. The summed E-state index contributed by atoms with van der Waals surface area (Å²) in [6.07, 6.45) is -0.270. The molecule has 358 valence electrons. The molecule has 3 amide bonds. The number of carbonyl (C=O) groups is 3. The minimum Gasteiger partial charge on any atom is -0.481 e. The Bertz CT molecular complexity index is 2750. The van der Waals surface area contributed by atoms with Gasteiger partial charge in [0.25, 0.3) is 0 Å². The number of H-pyrrole nitrogens is 1. The van der Waals surface area contributed by atoms with Gasteiger partial charge in [0, 0.05) is 66.4 Å². The molecule has 3 aromatic carbocycles. The van der Waals surface area contributed by atoms with Crippen molar-refractivity contribution in [3.8, 4) is 39.9 Å². The number of aliphatic hydroxyl groups is 1. The van der Waals surface area contributed by atoms with Crippen molar-refractivity contribution in [3.63, 3.8) is 0 Å². The number of aromatic nitrogens is 2. The second-order valence-electron chi connectivity index (χ2n) is 19.0. The number of nitrogens with one attached hydrogen (secondary N) is 3. The van der Waals surface area contributed by atoms with E-state index in [4.69, 9.17) is 9.47 Å². The summed E-state index contributed by atoms with van der Waals surface area (Å²) in [5.74, 6) is 7.25. The third kappa shape index (κ3) is 11.7. The molecule has 12 nitrogen and oxygen atoms in total. The zero-order valence-corrected chi connectivity index (χ0v) is 40.1. The number of likely N-dealkylation sites (tertiary alicyclic amines) is 1. The summed E-state index contributed by atoms with van der Waals surface area (Å²) < 4.78 is 58.1. The van der Waals surface area contributed by atoms with Gasteiger partial charge in [-0.1, -0.05) is 69.2 Å². The monoisotopic (exact) mass is 950 g/mol. The lowest BCUT2D eigenvalue weighted by Crippen LogP contribution is -2.58. The first-order valence-corrected chi connectivity index (χ1v) is 23.4. The molecule has 68 heavy (non-hydrogen) atoms. The number of nitrogens with zero attached hydrogens (tertiary/aromatic N) is 3. The number of para-hydroxylation sites is 1. The van der Waals surface area contributed by atoms with Crippen LogP contribution in [-0.2, 0) is 32.1 Å². The Morgan fingerprint density at radius 2 is 1.71 bits per heavy atom. The highest BCUT2D eigenvalue weighted by atomic mass is 32.1. The smallest absolute Gasteiger partial charge is 0.246 e. The van der Waals surface area contributed by atoms with Gasteiger partial charge in [0.2, 0.25) is 17.7 Å². The molecule has 5 aromatic rings. The number of amides is 3. The first-order chi connectivity index (χ1) is 32.3. The number of rotatable bonds is 14. The predicted molar refractivity (Wildman–Crippen MR) is 255 cm³/mol. The van der Waals surface area contributed by atoms with Crippen LogP contribution in [0.4, 0.5) is 13.2 Å². The number of fused-ring (bicyclic) bond motifs is 3. The van der Waals surface area contributed by atoms with Gasteiger partial charge in [0.15, 0.2) is 0 Å². The van der Waals surface area contributed by atoms with Crippen molar-refractivity contribution in [2.24, 2.45) is 5.41 Å². The largest absolute Gasteiger partial charge is 0.481 e. The van der Waals surface area contributed by atoms with Crippen molar-refractivity contribution in [3.05, 3.63) is 106 Å². The molecular weight excluding hydrogens is 894 g/mol. The molecular formula is C52H57F3N6O6S. The number of benzene rings is 3.